The molecule has 5 heteroatoms. The Hall–Kier alpha value is -1.14. The molecule has 0 bridgehead atoms. The van der Waals surface area contributed by atoms with Crippen molar-refractivity contribution >= 4 is 0 Å². The third kappa shape index (κ3) is 3.95. The highest BCUT2D eigenvalue weighted by atomic mass is 16.5. The summed E-state index contributed by atoms with van der Waals surface area (Å²) in [6.45, 7) is 5.39. The van der Waals surface area contributed by atoms with E-state index in [1.807, 2.05) is 6.07 Å². The summed E-state index contributed by atoms with van der Waals surface area (Å²) in [5, 5.41) is 0. The first-order chi connectivity index (χ1) is 10.0. The first-order valence-electron chi connectivity index (χ1n) is 7.54. The molecule has 1 aromatic rings. The lowest BCUT2D eigenvalue weighted by molar-refractivity contribution is 0.101. The number of nitrogens with one attached hydrogen (secondary N) is 1. The summed E-state index contributed by atoms with van der Waals surface area (Å²) in [5.41, 5.74) is 5.34. The lowest BCUT2D eigenvalue weighted by atomic mass is 9.95. The maximum atomic E-state index is 5.84. The number of benzene rings is 1. The van der Waals surface area contributed by atoms with Crippen molar-refractivity contribution in [2.75, 3.05) is 40.8 Å². The normalized spacial score (nSPS) is 22.2. The number of piperazine rings is 1. The Morgan fingerprint density at radius 1 is 1.38 bits per heavy atom. The molecule has 1 aromatic carbocycles. The van der Waals surface area contributed by atoms with E-state index in [-0.39, 0.29) is 6.04 Å². The Kier molecular flexibility index (Phi) is 5.58. The molecule has 1 aliphatic heterocycles. The number of likely N-dealkylation sites (N-methyl/N-ethyl adjacent to an activating group) is 2. The van der Waals surface area contributed by atoms with E-state index in [0.29, 0.717) is 6.04 Å². The van der Waals surface area contributed by atoms with Gasteiger partial charge in [0, 0.05) is 31.2 Å². The molecule has 1 aliphatic rings. The minimum absolute atomic E-state index is 0.0961. The monoisotopic (exact) mass is 292 g/mol. The molecule has 1 fully saturated rings. The smallest absolute Gasteiger partial charge is 0.123 e. The SMILES string of the molecule is COc1ccc(C)cc1C(CC1CN(C)CCN1C)NN. The van der Waals surface area contributed by atoms with Crippen molar-refractivity contribution in [3.05, 3.63) is 29.3 Å². The predicted molar refractivity (Wildman–Crippen MR) is 86.3 cm³/mol. The fraction of sp³-hybridized carbons (Fsp3) is 0.625. The summed E-state index contributed by atoms with van der Waals surface area (Å²) in [4.78, 5) is 4.80. The molecular formula is C16H28N4O. The van der Waals surface area contributed by atoms with Gasteiger partial charge in [0.15, 0.2) is 0 Å². The van der Waals surface area contributed by atoms with Gasteiger partial charge in [-0.2, -0.15) is 0 Å². The van der Waals surface area contributed by atoms with Crippen LogP contribution in [0.4, 0.5) is 0 Å². The van der Waals surface area contributed by atoms with Gasteiger partial charge in [0.05, 0.1) is 13.2 Å². The summed E-state index contributed by atoms with van der Waals surface area (Å²) >= 11 is 0. The third-order valence-corrected chi connectivity index (χ3v) is 4.45. The molecule has 2 unspecified atom stereocenters. The van der Waals surface area contributed by atoms with Gasteiger partial charge in [-0.1, -0.05) is 17.7 Å². The molecule has 5 nitrogen and oxygen atoms in total. The fourth-order valence-corrected chi connectivity index (χ4v) is 3.04. The zero-order valence-corrected chi connectivity index (χ0v) is 13.6. The maximum absolute atomic E-state index is 5.84. The lowest BCUT2D eigenvalue weighted by Crippen LogP contribution is -2.51. The Morgan fingerprint density at radius 2 is 2.14 bits per heavy atom. The molecule has 0 spiro atoms. The Balaban J connectivity index is 2.17. The highest BCUT2D eigenvalue weighted by Gasteiger charge is 2.26. The van der Waals surface area contributed by atoms with E-state index in [2.05, 4.69) is 48.4 Å². The van der Waals surface area contributed by atoms with Crippen LogP contribution in [0.3, 0.4) is 0 Å². The van der Waals surface area contributed by atoms with Crippen LogP contribution < -0.4 is 16.0 Å². The summed E-state index contributed by atoms with van der Waals surface area (Å²) in [5.74, 6) is 6.74. The van der Waals surface area contributed by atoms with Crippen LogP contribution in [-0.4, -0.2) is 56.7 Å². The number of hydrazine groups is 1. The quantitative estimate of drug-likeness (QED) is 0.630. The topological polar surface area (TPSA) is 53.8 Å². The van der Waals surface area contributed by atoms with Crippen molar-refractivity contribution in [3.63, 3.8) is 0 Å². The highest BCUT2D eigenvalue weighted by molar-refractivity contribution is 5.39. The van der Waals surface area contributed by atoms with Crippen LogP contribution in [0.1, 0.15) is 23.6 Å². The molecule has 2 atom stereocenters. The van der Waals surface area contributed by atoms with Crippen molar-refractivity contribution < 1.29 is 4.74 Å². The minimum Gasteiger partial charge on any atom is -0.496 e. The van der Waals surface area contributed by atoms with Gasteiger partial charge in [0.25, 0.3) is 0 Å². The number of hydrogen-bond acceptors (Lipinski definition) is 5. The summed E-state index contributed by atoms with van der Waals surface area (Å²) < 4.78 is 5.50. The van der Waals surface area contributed by atoms with Gasteiger partial charge in [0.1, 0.15) is 5.75 Å². The number of rotatable bonds is 5. The number of nitrogens with two attached hydrogens (primary N) is 1. The van der Waals surface area contributed by atoms with E-state index in [9.17, 15) is 0 Å². The lowest BCUT2D eigenvalue weighted by Gasteiger charge is -2.39. The molecule has 0 radical (unpaired) electrons. The molecule has 0 aromatic heterocycles. The second-order valence-electron chi connectivity index (χ2n) is 6.10. The zero-order valence-electron chi connectivity index (χ0n) is 13.6. The number of nitrogens with zero attached hydrogens (tertiary/aromatic N) is 2. The molecule has 1 heterocycles. The number of ether oxygens (including phenoxy) is 1. The second-order valence-corrected chi connectivity index (χ2v) is 6.10. The van der Waals surface area contributed by atoms with Crippen LogP contribution in [0, 0.1) is 6.92 Å². The molecule has 0 amide bonds. The molecule has 118 valence electrons. The van der Waals surface area contributed by atoms with Crippen LogP contribution in [0.15, 0.2) is 18.2 Å². The highest BCUT2D eigenvalue weighted by Crippen LogP contribution is 2.30. The van der Waals surface area contributed by atoms with Crippen LogP contribution in [-0.2, 0) is 0 Å². The van der Waals surface area contributed by atoms with Gasteiger partial charge in [-0.3, -0.25) is 11.3 Å². The van der Waals surface area contributed by atoms with Gasteiger partial charge >= 0.3 is 0 Å². The van der Waals surface area contributed by atoms with Gasteiger partial charge in [-0.05, 0) is 33.5 Å². The van der Waals surface area contributed by atoms with Crippen molar-refractivity contribution in [1.29, 1.82) is 0 Å². The zero-order chi connectivity index (χ0) is 15.4. The van der Waals surface area contributed by atoms with Gasteiger partial charge in [-0.15, -0.1) is 0 Å². The first kappa shape index (κ1) is 16.2. The van der Waals surface area contributed by atoms with E-state index < -0.39 is 0 Å². The van der Waals surface area contributed by atoms with E-state index in [0.717, 1.165) is 37.4 Å². The third-order valence-electron chi connectivity index (χ3n) is 4.45. The van der Waals surface area contributed by atoms with Crippen molar-refractivity contribution in [3.8, 4) is 5.75 Å². The van der Waals surface area contributed by atoms with Crippen LogP contribution in [0.2, 0.25) is 0 Å². The maximum Gasteiger partial charge on any atom is 0.123 e. The van der Waals surface area contributed by atoms with Gasteiger partial charge in [0.2, 0.25) is 0 Å². The van der Waals surface area contributed by atoms with Gasteiger partial charge in [-0.25, -0.2) is 0 Å². The second kappa shape index (κ2) is 7.22. The fourth-order valence-electron chi connectivity index (χ4n) is 3.04. The number of aryl methyl sites for hydroxylation is 1. The van der Waals surface area contributed by atoms with Gasteiger partial charge < -0.3 is 14.5 Å². The Bertz CT molecular complexity index is 466. The van der Waals surface area contributed by atoms with Crippen molar-refractivity contribution in [2.45, 2.75) is 25.4 Å². The molecular weight excluding hydrogens is 264 g/mol. The molecule has 21 heavy (non-hydrogen) atoms. The summed E-state index contributed by atoms with van der Waals surface area (Å²) in [6, 6.07) is 6.84. The van der Waals surface area contributed by atoms with Crippen LogP contribution in [0.5, 0.6) is 5.75 Å². The predicted octanol–water partition coefficient (Wildman–Crippen LogP) is 1.14. The summed E-state index contributed by atoms with van der Waals surface area (Å²) in [6.07, 6.45) is 0.969. The van der Waals surface area contributed by atoms with E-state index in [1.165, 1.54) is 5.56 Å². The van der Waals surface area contributed by atoms with E-state index in [4.69, 9.17) is 10.6 Å². The first-order valence-corrected chi connectivity index (χ1v) is 7.54. The average molecular weight is 292 g/mol. The average Bonchev–Trinajstić information content (AvgIpc) is 2.48. The Morgan fingerprint density at radius 3 is 2.81 bits per heavy atom. The largest absolute Gasteiger partial charge is 0.496 e. The number of methoxy groups -OCH3 is 1. The van der Waals surface area contributed by atoms with Crippen molar-refractivity contribution in [1.82, 2.24) is 15.2 Å². The van der Waals surface area contributed by atoms with Crippen LogP contribution in [0.25, 0.3) is 0 Å². The number of hydrogen-bond donors (Lipinski definition) is 2. The molecule has 0 aliphatic carbocycles. The van der Waals surface area contributed by atoms with E-state index >= 15 is 0 Å². The molecule has 2 rings (SSSR count). The summed E-state index contributed by atoms with van der Waals surface area (Å²) in [7, 11) is 6.08. The standard InChI is InChI=1S/C16H28N4O/c1-12-5-6-16(21-4)14(9-12)15(18-17)10-13-11-19(2)7-8-20(13)3/h5-6,9,13,15,18H,7-8,10-11,17H2,1-4H3. The van der Waals surface area contributed by atoms with Crippen molar-refractivity contribution in [2.24, 2.45) is 5.84 Å². The molecule has 1 saturated heterocycles. The minimum atomic E-state index is 0.0961. The molecule has 3 N–H and O–H groups in total. The molecule has 0 saturated carbocycles. The Labute approximate surface area is 128 Å². The van der Waals surface area contributed by atoms with E-state index in [1.54, 1.807) is 7.11 Å². The van der Waals surface area contributed by atoms with Crippen LogP contribution >= 0.6 is 0 Å².